The van der Waals surface area contributed by atoms with E-state index in [0.717, 1.165) is 36.6 Å². The molecule has 5 heteroatoms. The molecule has 1 aromatic rings. The lowest BCUT2D eigenvalue weighted by molar-refractivity contribution is -0.157. The molecule has 116 valence electrons. The smallest absolute Gasteiger partial charge is 0.232 e. The molecule has 0 aromatic carbocycles. The van der Waals surface area contributed by atoms with Crippen molar-refractivity contribution in [3.8, 4) is 0 Å². The Bertz CT molecular complexity index is 503. The van der Waals surface area contributed by atoms with Crippen LogP contribution in [0.15, 0.2) is 5.38 Å². The van der Waals surface area contributed by atoms with E-state index in [1.807, 2.05) is 24.1 Å². The highest BCUT2D eigenvalue weighted by molar-refractivity contribution is 7.09. The molecule has 0 bridgehead atoms. The second kappa shape index (κ2) is 6.05. The Morgan fingerprint density at radius 3 is 2.86 bits per heavy atom. The van der Waals surface area contributed by atoms with E-state index in [-0.39, 0.29) is 17.4 Å². The maximum absolute atomic E-state index is 12.8. The van der Waals surface area contributed by atoms with Crippen molar-refractivity contribution in [3.05, 3.63) is 16.1 Å². The second-order valence-corrected chi connectivity index (χ2v) is 7.29. The fourth-order valence-electron chi connectivity index (χ4n) is 3.48. The Hall–Kier alpha value is -0.940. The number of rotatable bonds is 2. The first-order valence-electron chi connectivity index (χ1n) is 7.94. The molecule has 2 heterocycles. The molecule has 1 aromatic heterocycles. The molecule has 0 radical (unpaired) electrons. The third-order valence-electron chi connectivity index (χ3n) is 4.70. The Kier molecular flexibility index (Phi) is 4.31. The van der Waals surface area contributed by atoms with Gasteiger partial charge >= 0.3 is 0 Å². The molecule has 1 aliphatic heterocycles. The van der Waals surface area contributed by atoms with Gasteiger partial charge in [-0.1, -0.05) is 19.3 Å². The summed E-state index contributed by atoms with van der Waals surface area (Å²) in [7, 11) is 0. The van der Waals surface area contributed by atoms with Crippen LogP contribution in [0.5, 0.6) is 0 Å². The lowest BCUT2D eigenvalue weighted by Crippen LogP contribution is -2.55. The summed E-state index contributed by atoms with van der Waals surface area (Å²) in [6.07, 6.45) is 5.95. The van der Waals surface area contributed by atoms with E-state index in [1.54, 1.807) is 11.3 Å². The maximum atomic E-state index is 12.8. The third kappa shape index (κ3) is 3.14. The summed E-state index contributed by atoms with van der Waals surface area (Å²) in [5.74, 6) is 0.0695. The van der Waals surface area contributed by atoms with Crippen LogP contribution in [0.2, 0.25) is 0 Å². The van der Waals surface area contributed by atoms with E-state index in [4.69, 9.17) is 4.74 Å². The number of hydrogen-bond acceptors (Lipinski definition) is 4. The van der Waals surface area contributed by atoms with Crippen LogP contribution < -0.4 is 0 Å². The normalized spacial score (nSPS) is 23.2. The van der Waals surface area contributed by atoms with Crippen LogP contribution in [0.1, 0.15) is 55.6 Å². The largest absolute Gasteiger partial charge is 0.371 e. The number of thiazole rings is 1. The second-order valence-electron chi connectivity index (χ2n) is 6.40. The number of aryl methyl sites for hydroxylation is 1. The van der Waals surface area contributed by atoms with Crippen molar-refractivity contribution < 1.29 is 9.53 Å². The number of aromatic nitrogens is 1. The van der Waals surface area contributed by atoms with Gasteiger partial charge in [-0.25, -0.2) is 4.98 Å². The number of amides is 1. The van der Waals surface area contributed by atoms with Crippen molar-refractivity contribution in [3.63, 3.8) is 0 Å². The van der Waals surface area contributed by atoms with Crippen LogP contribution in [0, 0.1) is 6.92 Å². The number of carbonyl (C=O) groups is 1. The van der Waals surface area contributed by atoms with E-state index in [1.165, 1.54) is 19.3 Å². The molecule has 1 aliphatic carbocycles. The minimum absolute atomic E-state index is 0.0648. The molecule has 1 saturated heterocycles. The SMILES string of the molecule is Cc1csc(C(C)C(=O)N2CCOC3(CCCCC3)C2)n1. The summed E-state index contributed by atoms with van der Waals surface area (Å²) in [5, 5.41) is 2.95. The van der Waals surface area contributed by atoms with Gasteiger partial charge in [-0.05, 0) is 26.7 Å². The summed E-state index contributed by atoms with van der Waals surface area (Å²) < 4.78 is 6.07. The zero-order chi connectivity index (χ0) is 14.9. The van der Waals surface area contributed by atoms with Crippen LogP contribution in [0.3, 0.4) is 0 Å². The number of ether oxygens (including phenoxy) is 1. The van der Waals surface area contributed by atoms with Crippen molar-refractivity contribution in [1.82, 2.24) is 9.88 Å². The molecule has 4 nitrogen and oxygen atoms in total. The molecular weight excluding hydrogens is 284 g/mol. The molecule has 2 fully saturated rings. The fraction of sp³-hybridized carbons (Fsp3) is 0.750. The van der Waals surface area contributed by atoms with Gasteiger partial charge in [0.25, 0.3) is 0 Å². The predicted octanol–water partition coefficient (Wildman–Crippen LogP) is 3.12. The molecule has 1 spiro atoms. The first-order chi connectivity index (χ1) is 10.1. The third-order valence-corrected chi connectivity index (χ3v) is 5.85. The van der Waals surface area contributed by atoms with Crippen molar-refractivity contribution in [2.45, 2.75) is 57.5 Å². The molecule has 1 atom stereocenters. The van der Waals surface area contributed by atoms with Gasteiger partial charge in [0, 0.05) is 24.2 Å². The fourth-order valence-corrected chi connectivity index (χ4v) is 4.33. The molecule has 0 N–H and O–H groups in total. The Balaban J connectivity index is 1.69. The van der Waals surface area contributed by atoms with Gasteiger partial charge in [-0.3, -0.25) is 4.79 Å². The van der Waals surface area contributed by atoms with Crippen molar-refractivity contribution >= 4 is 17.2 Å². The summed E-state index contributed by atoms with van der Waals surface area (Å²) in [6, 6.07) is 0. The van der Waals surface area contributed by atoms with E-state index in [9.17, 15) is 4.79 Å². The highest BCUT2D eigenvalue weighted by Crippen LogP contribution is 2.35. The van der Waals surface area contributed by atoms with E-state index >= 15 is 0 Å². The number of hydrogen-bond donors (Lipinski definition) is 0. The van der Waals surface area contributed by atoms with Gasteiger partial charge in [0.15, 0.2) is 0 Å². The predicted molar refractivity (Wildman–Crippen MR) is 83.6 cm³/mol. The van der Waals surface area contributed by atoms with Crippen molar-refractivity contribution in [1.29, 1.82) is 0 Å². The van der Waals surface area contributed by atoms with E-state index in [0.29, 0.717) is 6.61 Å². The van der Waals surface area contributed by atoms with Crippen LogP contribution >= 0.6 is 11.3 Å². The highest BCUT2D eigenvalue weighted by atomic mass is 32.1. The van der Waals surface area contributed by atoms with Crippen molar-refractivity contribution in [2.75, 3.05) is 19.7 Å². The van der Waals surface area contributed by atoms with Gasteiger partial charge in [0.1, 0.15) is 5.01 Å². The standard InChI is InChI=1S/C16H24N2O2S/c1-12-10-21-14(17-12)13(2)15(19)18-8-9-20-16(11-18)6-4-3-5-7-16/h10,13H,3-9,11H2,1-2H3. The van der Waals surface area contributed by atoms with Gasteiger partial charge in [-0.15, -0.1) is 11.3 Å². The monoisotopic (exact) mass is 308 g/mol. The highest BCUT2D eigenvalue weighted by Gasteiger charge is 2.40. The molecular formula is C16H24N2O2S. The first kappa shape index (κ1) is 15.0. The summed E-state index contributed by atoms with van der Waals surface area (Å²) in [5.41, 5.74) is 0.936. The average molecular weight is 308 g/mol. The summed E-state index contributed by atoms with van der Waals surface area (Å²) >= 11 is 1.59. The zero-order valence-electron chi connectivity index (χ0n) is 12.9. The van der Waals surface area contributed by atoms with Crippen LogP contribution in [-0.2, 0) is 9.53 Å². The number of morpholine rings is 1. The molecule has 2 aliphatic rings. The first-order valence-corrected chi connectivity index (χ1v) is 8.82. The topological polar surface area (TPSA) is 42.4 Å². The minimum Gasteiger partial charge on any atom is -0.371 e. The van der Waals surface area contributed by atoms with Crippen molar-refractivity contribution in [2.24, 2.45) is 0 Å². The number of nitrogens with zero attached hydrogens (tertiary/aromatic N) is 2. The van der Waals surface area contributed by atoms with Gasteiger partial charge in [0.05, 0.1) is 18.1 Å². The molecule has 1 amide bonds. The van der Waals surface area contributed by atoms with Crippen LogP contribution in [0.4, 0.5) is 0 Å². The van der Waals surface area contributed by atoms with Gasteiger partial charge in [0.2, 0.25) is 5.91 Å². The molecule has 1 unspecified atom stereocenters. The zero-order valence-corrected chi connectivity index (χ0v) is 13.7. The Labute approximate surface area is 130 Å². The van der Waals surface area contributed by atoms with Crippen LogP contribution in [0.25, 0.3) is 0 Å². The maximum Gasteiger partial charge on any atom is 0.232 e. The summed E-state index contributed by atoms with van der Waals surface area (Å²) in [4.78, 5) is 19.3. The molecule has 3 rings (SSSR count). The minimum atomic E-state index is -0.137. The Morgan fingerprint density at radius 1 is 1.43 bits per heavy atom. The summed E-state index contributed by atoms with van der Waals surface area (Å²) in [6.45, 7) is 6.11. The quantitative estimate of drug-likeness (QED) is 0.843. The van der Waals surface area contributed by atoms with E-state index in [2.05, 4.69) is 4.98 Å². The molecule has 1 saturated carbocycles. The lowest BCUT2D eigenvalue weighted by atomic mass is 9.83. The Morgan fingerprint density at radius 2 is 2.19 bits per heavy atom. The van der Waals surface area contributed by atoms with E-state index < -0.39 is 0 Å². The molecule has 21 heavy (non-hydrogen) atoms. The number of carbonyl (C=O) groups excluding carboxylic acids is 1. The van der Waals surface area contributed by atoms with Gasteiger partial charge in [-0.2, -0.15) is 0 Å². The average Bonchev–Trinajstić information content (AvgIpc) is 2.93. The lowest BCUT2D eigenvalue weighted by Gasteiger charge is -2.45. The van der Waals surface area contributed by atoms with Crippen LogP contribution in [-0.4, -0.2) is 41.1 Å². The van der Waals surface area contributed by atoms with Gasteiger partial charge < -0.3 is 9.64 Å².